The van der Waals surface area contributed by atoms with Crippen molar-refractivity contribution in [2.45, 2.75) is 38.8 Å². The van der Waals surface area contributed by atoms with Crippen LogP contribution in [0.2, 0.25) is 0 Å². The van der Waals surface area contributed by atoms with Crippen LogP contribution in [0.5, 0.6) is 0 Å². The molecule has 8 nitrogen and oxygen atoms in total. The number of nitrogens with zero attached hydrogens (tertiary/aromatic N) is 7. The second kappa shape index (κ2) is 8.37. The molecule has 0 saturated carbocycles. The number of halogens is 3. The first kappa shape index (κ1) is 22.3. The number of carbonyl (C=O) groups is 1. The van der Waals surface area contributed by atoms with Crippen LogP contribution in [0.15, 0.2) is 43.1 Å². The molecule has 11 heteroatoms. The van der Waals surface area contributed by atoms with Crippen LogP contribution in [0, 0.1) is 5.41 Å². The van der Waals surface area contributed by atoms with Gasteiger partial charge in [-0.25, -0.2) is 15.0 Å². The molecule has 2 aliphatic rings. The number of imidazole rings is 1. The standard InChI is InChI=1S/C23H24F3N7O/c1-2-17-29-8-12-32(17)20-15-27-14-19(30-20)31-9-4-22(5-10-31)6-11-33(21(22)34)18-13-16(3-7-28-18)23(24,25)26/h3,7-8,12-15H,2,4-6,9-11H2,1H3. The van der Waals surface area contributed by atoms with E-state index in [0.717, 1.165) is 36.4 Å². The number of piperidine rings is 1. The fraction of sp³-hybridized carbons (Fsp3) is 0.435. The molecule has 5 rings (SSSR count). The number of hydrogen-bond acceptors (Lipinski definition) is 6. The highest BCUT2D eigenvalue weighted by Crippen LogP contribution is 2.44. The minimum atomic E-state index is -4.48. The van der Waals surface area contributed by atoms with Crippen molar-refractivity contribution >= 4 is 17.5 Å². The predicted molar refractivity (Wildman–Crippen MR) is 119 cm³/mol. The number of anilines is 2. The SMILES string of the molecule is CCc1nccn1-c1cncc(N2CCC3(CC2)CCN(c2cc(C(F)(F)F)ccn2)C3=O)n1. The Balaban J connectivity index is 1.30. The second-order valence-corrected chi connectivity index (χ2v) is 8.68. The minimum absolute atomic E-state index is 0.0600. The van der Waals surface area contributed by atoms with Gasteiger partial charge in [0.25, 0.3) is 0 Å². The van der Waals surface area contributed by atoms with Gasteiger partial charge in [0.15, 0.2) is 5.82 Å². The molecule has 0 unspecified atom stereocenters. The number of aromatic nitrogens is 5. The van der Waals surface area contributed by atoms with E-state index in [9.17, 15) is 18.0 Å². The Labute approximate surface area is 194 Å². The first-order valence-electron chi connectivity index (χ1n) is 11.3. The summed E-state index contributed by atoms with van der Waals surface area (Å²) in [5.41, 5.74) is -1.39. The van der Waals surface area contributed by atoms with Gasteiger partial charge in [-0.15, -0.1) is 0 Å². The maximum absolute atomic E-state index is 13.3. The van der Waals surface area contributed by atoms with Crippen molar-refractivity contribution in [1.82, 2.24) is 24.5 Å². The average Bonchev–Trinajstić information content (AvgIpc) is 3.44. The molecule has 2 aliphatic heterocycles. The molecule has 0 aliphatic carbocycles. The smallest absolute Gasteiger partial charge is 0.355 e. The number of amides is 1. The van der Waals surface area contributed by atoms with Gasteiger partial charge in [0.05, 0.1) is 23.4 Å². The lowest BCUT2D eigenvalue weighted by Crippen LogP contribution is -2.45. The Morgan fingerprint density at radius 1 is 1.00 bits per heavy atom. The van der Waals surface area contributed by atoms with Crippen LogP contribution in [0.1, 0.15) is 37.6 Å². The fourth-order valence-corrected chi connectivity index (χ4v) is 4.83. The zero-order valence-electron chi connectivity index (χ0n) is 18.7. The maximum Gasteiger partial charge on any atom is 0.416 e. The van der Waals surface area contributed by atoms with Crippen LogP contribution in [0.25, 0.3) is 5.82 Å². The molecule has 1 spiro atoms. The van der Waals surface area contributed by atoms with Crippen LogP contribution in [0.3, 0.4) is 0 Å². The summed E-state index contributed by atoms with van der Waals surface area (Å²) >= 11 is 0. The molecule has 2 saturated heterocycles. The number of hydrogen-bond donors (Lipinski definition) is 0. The van der Waals surface area contributed by atoms with Crippen molar-refractivity contribution in [2.24, 2.45) is 5.41 Å². The van der Waals surface area contributed by atoms with E-state index < -0.39 is 17.2 Å². The van der Waals surface area contributed by atoms with Gasteiger partial charge < -0.3 is 4.90 Å². The molecular weight excluding hydrogens is 447 g/mol. The van der Waals surface area contributed by atoms with E-state index in [-0.39, 0.29) is 11.7 Å². The Morgan fingerprint density at radius 3 is 2.47 bits per heavy atom. The summed E-state index contributed by atoms with van der Waals surface area (Å²) in [6.07, 6.45) is 6.16. The van der Waals surface area contributed by atoms with Gasteiger partial charge >= 0.3 is 6.18 Å². The summed E-state index contributed by atoms with van der Waals surface area (Å²) in [5.74, 6) is 2.22. The van der Waals surface area contributed by atoms with Crippen LogP contribution in [0.4, 0.5) is 24.8 Å². The van der Waals surface area contributed by atoms with Crippen LogP contribution >= 0.6 is 0 Å². The Bertz CT molecular complexity index is 1200. The van der Waals surface area contributed by atoms with E-state index in [2.05, 4.69) is 19.9 Å². The Morgan fingerprint density at radius 2 is 1.74 bits per heavy atom. The predicted octanol–water partition coefficient (Wildman–Crippen LogP) is 3.66. The molecule has 2 fully saturated rings. The van der Waals surface area contributed by atoms with Gasteiger partial charge in [-0.05, 0) is 31.4 Å². The number of alkyl halides is 3. The molecule has 34 heavy (non-hydrogen) atoms. The van der Waals surface area contributed by atoms with E-state index in [1.54, 1.807) is 18.6 Å². The summed E-state index contributed by atoms with van der Waals surface area (Å²) in [6, 6.07) is 1.87. The van der Waals surface area contributed by atoms with Crippen LogP contribution in [-0.4, -0.2) is 50.0 Å². The van der Waals surface area contributed by atoms with Gasteiger partial charge in [-0.1, -0.05) is 6.92 Å². The van der Waals surface area contributed by atoms with Gasteiger partial charge in [0.1, 0.15) is 17.5 Å². The van der Waals surface area contributed by atoms with E-state index in [0.29, 0.717) is 44.7 Å². The lowest BCUT2D eigenvalue weighted by atomic mass is 9.77. The summed E-state index contributed by atoms with van der Waals surface area (Å²) in [7, 11) is 0. The molecule has 178 valence electrons. The van der Waals surface area contributed by atoms with Crippen LogP contribution < -0.4 is 9.80 Å². The Kier molecular flexibility index (Phi) is 5.49. The summed E-state index contributed by atoms with van der Waals surface area (Å²) in [4.78, 5) is 34.3. The third-order valence-electron chi connectivity index (χ3n) is 6.80. The van der Waals surface area contributed by atoms with Crippen molar-refractivity contribution < 1.29 is 18.0 Å². The number of aryl methyl sites for hydroxylation is 1. The van der Waals surface area contributed by atoms with Gasteiger partial charge in [-0.3, -0.25) is 19.2 Å². The van der Waals surface area contributed by atoms with Crippen molar-refractivity contribution in [3.8, 4) is 5.82 Å². The zero-order valence-corrected chi connectivity index (χ0v) is 18.7. The summed E-state index contributed by atoms with van der Waals surface area (Å²) in [5, 5.41) is 0. The molecule has 0 N–H and O–H groups in total. The van der Waals surface area contributed by atoms with E-state index in [1.165, 1.54) is 4.90 Å². The monoisotopic (exact) mass is 471 g/mol. The van der Waals surface area contributed by atoms with Gasteiger partial charge in [0.2, 0.25) is 5.91 Å². The second-order valence-electron chi connectivity index (χ2n) is 8.68. The minimum Gasteiger partial charge on any atom is -0.355 e. The van der Waals surface area contributed by atoms with Gasteiger partial charge in [-0.2, -0.15) is 13.2 Å². The Hall–Kier alpha value is -3.50. The highest BCUT2D eigenvalue weighted by Gasteiger charge is 2.49. The first-order chi connectivity index (χ1) is 16.3. The molecule has 0 bridgehead atoms. The molecular formula is C23H24F3N7O. The van der Waals surface area contributed by atoms with Crippen molar-refractivity contribution in [3.63, 3.8) is 0 Å². The number of pyridine rings is 1. The molecule has 0 aromatic carbocycles. The summed E-state index contributed by atoms with van der Waals surface area (Å²) in [6.45, 7) is 3.61. The third-order valence-corrected chi connectivity index (χ3v) is 6.80. The maximum atomic E-state index is 13.3. The van der Waals surface area contributed by atoms with Crippen molar-refractivity contribution in [2.75, 3.05) is 29.4 Å². The van der Waals surface area contributed by atoms with Crippen molar-refractivity contribution in [1.29, 1.82) is 0 Å². The third kappa shape index (κ3) is 3.88. The van der Waals surface area contributed by atoms with Gasteiger partial charge in [0, 0.05) is 44.6 Å². The highest BCUT2D eigenvalue weighted by molar-refractivity contribution is 5.99. The van der Waals surface area contributed by atoms with Crippen molar-refractivity contribution in [3.05, 3.63) is 54.5 Å². The zero-order chi connectivity index (χ0) is 23.9. The molecule has 3 aromatic heterocycles. The quantitative estimate of drug-likeness (QED) is 0.578. The van der Waals surface area contributed by atoms with E-state index >= 15 is 0 Å². The fourth-order valence-electron chi connectivity index (χ4n) is 4.83. The average molecular weight is 471 g/mol. The molecule has 0 radical (unpaired) electrons. The molecule has 1 amide bonds. The van der Waals surface area contributed by atoms with E-state index in [4.69, 9.17) is 4.98 Å². The van der Waals surface area contributed by atoms with E-state index in [1.807, 2.05) is 17.7 Å². The topological polar surface area (TPSA) is 80.0 Å². The molecule has 0 atom stereocenters. The van der Waals surface area contributed by atoms with Crippen LogP contribution in [-0.2, 0) is 17.4 Å². The molecule has 3 aromatic rings. The summed E-state index contributed by atoms with van der Waals surface area (Å²) < 4.78 is 41.2. The molecule has 5 heterocycles. The first-order valence-corrected chi connectivity index (χ1v) is 11.3. The number of rotatable bonds is 4. The normalized spacial score (nSPS) is 18.2. The largest absolute Gasteiger partial charge is 0.416 e. The highest BCUT2D eigenvalue weighted by atomic mass is 19.4. The number of carbonyl (C=O) groups excluding carboxylic acids is 1. The lowest BCUT2D eigenvalue weighted by molar-refractivity contribution is -0.137. The lowest BCUT2D eigenvalue weighted by Gasteiger charge is -2.38.